The number of carbonyl (C=O) groups is 2. The molecule has 2 aromatic rings. The van der Waals surface area contributed by atoms with E-state index < -0.39 is 17.5 Å². The van der Waals surface area contributed by atoms with Gasteiger partial charge in [0.25, 0.3) is 0 Å². The minimum atomic E-state index is -4.43. The van der Waals surface area contributed by atoms with Gasteiger partial charge in [0.15, 0.2) is 5.78 Å². The SMILES string of the molecule is O=C1C(Cl)=C(Cc2ccc(C(F)(F)F)cc2)C(=O)c2ccccc21. The van der Waals surface area contributed by atoms with Gasteiger partial charge in [-0.3, -0.25) is 9.59 Å². The highest BCUT2D eigenvalue weighted by molar-refractivity contribution is 6.50. The Morgan fingerprint density at radius 1 is 0.833 bits per heavy atom. The molecule has 0 N–H and O–H groups in total. The van der Waals surface area contributed by atoms with Crippen LogP contribution in [0.2, 0.25) is 0 Å². The van der Waals surface area contributed by atoms with Gasteiger partial charge in [-0.05, 0) is 17.7 Å². The van der Waals surface area contributed by atoms with Crippen molar-refractivity contribution in [3.05, 3.63) is 81.4 Å². The van der Waals surface area contributed by atoms with Gasteiger partial charge in [-0.1, -0.05) is 48.0 Å². The summed E-state index contributed by atoms with van der Waals surface area (Å²) in [5, 5.41) is -0.182. The van der Waals surface area contributed by atoms with Gasteiger partial charge in [0, 0.05) is 23.1 Å². The Balaban J connectivity index is 1.94. The first kappa shape index (κ1) is 16.5. The molecule has 0 atom stereocenters. The molecule has 1 aliphatic carbocycles. The molecule has 122 valence electrons. The quantitative estimate of drug-likeness (QED) is 0.778. The summed E-state index contributed by atoms with van der Waals surface area (Å²) in [6, 6.07) is 10.8. The van der Waals surface area contributed by atoms with Crippen LogP contribution in [0.15, 0.2) is 59.1 Å². The van der Waals surface area contributed by atoms with Crippen LogP contribution in [0.5, 0.6) is 0 Å². The van der Waals surface area contributed by atoms with E-state index in [0.29, 0.717) is 5.56 Å². The van der Waals surface area contributed by atoms with Crippen molar-refractivity contribution in [2.75, 3.05) is 0 Å². The van der Waals surface area contributed by atoms with E-state index >= 15 is 0 Å². The highest BCUT2D eigenvalue weighted by atomic mass is 35.5. The lowest BCUT2D eigenvalue weighted by atomic mass is 9.86. The van der Waals surface area contributed by atoms with E-state index in [-0.39, 0.29) is 33.9 Å². The van der Waals surface area contributed by atoms with Crippen LogP contribution in [0, 0.1) is 0 Å². The first-order valence-corrected chi connectivity index (χ1v) is 7.40. The van der Waals surface area contributed by atoms with E-state index in [0.717, 1.165) is 12.1 Å². The summed E-state index contributed by atoms with van der Waals surface area (Å²) in [6.07, 6.45) is -4.43. The molecule has 2 nitrogen and oxygen atoms in total. The van der Waals surface area contributed by atoms with Gasteiger partial charge in [0.1, 0.15) is 0 Å². The molecule has 0 spiro atoms. The molecule has 0 bridgehead atoms. The number of allylic oxidation sites excluding steroid dienone is 2. The maximum atomic E-state index is 12.6. The van der Waals surface area contributed by atoms with Crippen LogP contribution in [-0.2, 0) is 12.6 Å². The molecule has 2 aromatic carbocycles. The molecule has 0 aromatic heterocycles. The fourth-order valence-corrected chi connectivity index (χ4v) is 2.82. The Kier molecular flexibility index (Phi) is 4.05. The van der Waals surface area contributed by atoms with Crippen molar-refractivity contribution in [1.29, 1.82) is 0 Å². The molecule has 0 saturated carbocycles. The number of fused-ring (bicyclic) bond motifs is 1. The maximum Gasteiger partial charge on any atom is 0.416 e. The largest absolute Gasteiger partial charge is 0.416 e. The molecule has 0 amide bonds. The Hall–Kier alpha value is -2.40. The Bertz CT molecular complexity index is 865. The molecule has 0 aliphatic heterocycles. The maximum absolute atomic E-state index is 12.6. The van der Waals surface area contributed by atoms with E-state index in [9.17, 15) is 22.8 Å². The lowest BCUT2D eigenvalue weighted by molar-refractivity contribution is -0.137. The minimum Gasteiger partial charge on any atom is -0.289 e. The summed E-state index contributed by atoms with van der Waals surface area (Å²) in [6.45, 7) is 0. The van der Waals surface area contributed by atoms with Crippen molar-refractivity contribution in [3.8, 4) is 0 Å². The van der Waals surface area contributed by atoms with Gasteiger partial charge < -0.3 is 0 Å². The fourth-order valence-electron chi connectivity index (χ4n) is 2.57. The summed E-state index contributed by atoms with van der Waals surface area (Å²) >= 11 is 6.04. The van der Waals surface area contributed by atoms with Crippen LogP contribution in [0.1, 0.15) is 31.8 Å². The fraction of sp³-hybridized carbons (Fsp3) is 0.111. The number of Topliss-reactive ketones (excluding diaryl/α,β-unsaturated/α-hetero) is 2. The molecule has 24 heavy (non-hydrogen) atoms. The zero-order valence-corrected chi connectivity index (χ0v) is 12.9. The van der Waals surface area contributed by atoms with Crippen LogP contribution in [0.25, 0.3) is 0 Å². The van der Waals surface area contributed by atoms with E-state index in [1.165, 1.54) is 24.3 Å². The molecular weight excluding hydrogens is 341 g/mol. The number of carbonyl (C=O) groups excluding carboxylic acids is 2. The van der Waals surface area contributed by atoms with Gasteiger partial charge >= 0.3 is 6.18 Å². The van der Waals surface area contributed by atoms with Crippen molar-refractivity contribution < 1.29 is 22.8 Å². The lowest BCUT2D eigenvalue weighted by Crippen LogP contribution is -2.21. The monoisotopic (exact) mass is 350 g/mol. The number of benzene rings is 2. The smallest absolute Gasteiger partial charge is 0.289 e. The topological polar surface area (TPSA) is 34.1 Å². The summed E-state index contributed by atoms with van der Waals surface area (Å²) < 4.78 is 37.8. The van der Waals surface area contributed by atoms with Gasteiger partial charge in [-0.15, -0.1) is 0 Å². The highest BCUT2D eigenvalue weighted by Crippen LogP contribution is 2.32. The predicted molar refractivity (Wildman–Crippen MR) is 83.1 cm³/mol. The Labute approximate surface area is 140 Å². The van der Waals surface area contributed by atoms with Gasteiger partial charge in [0.05, 0.1) is 10.6 Å². The first-order valence-electron chi connectivity index (χ1n) is 7.02. The second-order valence-corrected chi connectivity index (χ2v) is 5.75. The van der Waals surface area contributed by atoms with Crippen molar-refractivity contribution in [2.24, 2.45) is 0 Å². The molecule has 3 rings (SSSR count). The van der Waals surface area contributed by atoms with Crippen molar-refractivity contribution in [3.63, 3.8) is 0 Å². The summed E-state index contributed by atoms with van der Waals surface area (Å²) in [7, 11) is 0. The second kappa shape index (κ2) is 5.91. The van der Waals surface area contributed by atoms with Crippen LogP contribution in [0.4, 0.5) is 13.2 Å². The van der Waals surface area contributed by atoms with E-state index in [4.69, 9.17) is 11.6 Å². The number of alkyl halides is 3. The zero-order chi connectivity index (χ0) is 17.5. The Morgan fingerprint density at radius 2 is 1.38 bits per heavy atom. The van der Waals surface area contributed by atoms with Crippen molar-refractivity contribution in [1.82, 2.24) is 0 Å². The minimum absolute atomic E-state index is 0.00409. The molecule has 0 heterocycles. The van der Waals surface area contributed by atoms with E-state index in [1.807, 2.05) is 0 Å². The van der Waals surface area contributed by atoms with E-state index in [2.05, 4.69) is 0 Å². The number of hydrogen-bond donors (Lipinski definition) is 0. The third-order valence-corrected chi connectivity index (χ3v) is 4.22. The molecule has 0 unspecified atom stereocenters. The average molecular weight is 351 g/mol. The average Bonchev–Trinajstić information content (AvgIpc) is 2.56. The van der Waals surface area contributed by atoms with Crippen molar-refractivity contribution in [2.45, 2.75) is 12.6 Å². The molecule has 6 heteroatoms. The molecule has 0 saturated heterocycles. The first-order chi connectivity index (χ1) is 11.3. The lowest BCUT2D eigenvalue weighted by Gasteiger charge is -2.18. The summed E-state index contributed by atoms with van der Waals surface area (Å²) in [5.74, 6) is -0.830. The van der Waals surface area contributed by atoms with Crippen LogP contribution < -0.4 is 0 Å². The molecular formula is C18H10ClF3O2. The normalized spacial score (nSPS) is 14.8. The van der Waals surface area contributed by atoms with E-state index in [1.54, 1.807) is 12.1 Å². The van der Waals surface area contributed by atoms with Gasteiger partial charge in [0.2, 0.25) is 5.78 Å². The summed E-state index contributed by atoms with van der Waals surface area (Å²) in [5.41, 5.74) is 0.289. The van der Waals surface area contributed by atoms with Crippen molar-refractivity contribution >= 4 is 23.2 Å². The Morgan fingerprint density at radius 3 is 1.92 bits per heavy atom. The molecule has 1 aliphatic rings. The molecule has 0 fully saturated rings. The summed E-state index contributed by atoms with van der Waals surface area (Å²) in [4.78, 5) is 24.8. The third kappa shape index (κ3) is 2.87. The predicted octanol–water partition coefficient (Wildman–Crippen LogP) is 4.82. The van der Waals surface area contributed by atoms with Gasteiger partial charge in [-0.25, -0.2) is 0 Å². The van der Waals surface area contributed by atoms with Crippen LogP contribution >= 0.6 is 11.6 Å². The number of ketones is 2. The highest BCUT2D eigenvalue weighted by Gasteiger charge is 2.32. The zero-order valence-electron chi connectivity index (χ0n) is 12.2. The number of hydrogen-bond acceptors (Lipinski definition) is 2. The molecule has 0 radical (unpaired) electrons. The standard InChI is InChI=1S/C18H10ClF3O2/c19-15-14(9-10-5-7-11(8-6-10)18(20,21)22)16(23)12-3-1-2-4-13(12)17(15)24/h1-8H,9H2. The van der Waals surface area contributed by atoms with Crippen LogP contribution in [-0.4, -0.2) is 11.6 Å². The second-order valence-electron chi connectivity index (χ2n) is 5.37. The van der Waals surface area contributed by atoms with Gasteiger partial charge in [-0.2, -0.15) is 13.2 Å². The van der Waals surface area contributed by atoms with Crippen LogP contribution in [0.3, 0.4) is 0 Å². The third-order valence-electron chi connectivity index (χ3n) is 3.82. The number of halogens is 4. The number of rotatable bonds is 2.